The molecule has 0 aliphatic heterocycles. The first-order chi connectivity index (χ1) is 7.13. The Morgan fingerprint density at radius 1 is 1.67 bits per heavy atom. The Balaban J connectivity index is 2.66. The SMILES string of the molecule is CCCNC(CC(=O)O)c1ccc(Cl)s1. The molecule has 0 aromatic carbocycles. The predicted octanol–water partition coefficient (Wildman–Crippen LogP) is 2.92. The smallest absolute Gasteiger partial charge is 0.305 e. The predicted molar refractivity (Wildman–Crippen MR) is 62.6 cm³/mol. The van der Waals surface area contributed by atoms with E-state index < -0.39 is 5.97 Å². The van der Waals surface area contributed by atoms with E-state index in [9.17, 15) is 4.79 Å². The van der Waals surface area contributed by atoms with Crippen LogP contribution in [0.4, 0.5) is 0 Å². The number of thiophene rings is 1. The molecule has 84 valence electrons. The Morgan fingerprint density at radius 3 is 2.87 bits per heavy atom. The lowest BCUT2D eigenvalue weighted by Crippen LogP contribution is -2.23. The van der Waals surface area contributed by atoms with Crippen LogP contribution in [-0.4, -0.2) is 17.6 Å². The van der Waals surface area contributed by atoms with E-state index in [1.54, 1.807) is 6.07 Å². The molecule has 0 saturated heterocycles. The fourth-order valence-electron chi connectivity index (χ4n) is 1.28. The van der Waals surface area contributed by atoms with Gasteiger partial charge in [0.15, 0.2) is 0 Å². The van der Waals surface area contributed by atoms with Crippen molar-refractivity contribution >= 4 is 28.9 Å². The van der Waals surface area contributed by atoms with E-state index in [0.717, 1.165) is 17.8 Å². The summed E-state index contributed by atoms with van der Waals surface area (Å²) >= 11 is 7.25. The summed E-state index contributed by atoms with van der Waals surface area (Å²) in [4.78, 5) is 11.7. The quantitative estimate of drug-likeness (QED) is 0.813. The molecule has 5 heteroatoms. The van der Waals surface area contributed by atoms with Crippen LogP contribution in [-0.2, 0) is 4.79 Å². The molecule has 0 bridgehead atoms. The molecule has 1 heterocycles. The van der Waals surface area contributed by atoms with Gasteiger partial charge in [0.2, 0.25) is 0 Å². The molecule has 1 atom stereocenters. The van der Waals surface area contributed by atoms with Crippen molar-refractivity contribution in [2.45, 2.75) is 25.8 Å². The van der Waals surface area contributed by atoms with Crippen molar-refractivity contribution in [3.05, 3.63) is 21.3 Å². The topological polar surface area (TPSA) is 49.3 Å². The Kier molecular flexibility index (Phi) is 5.08. The highest BCUT2D eigenvalue weighted by atomic mass is 35.5. The van der Waals surface area contributed by atoms with Crippen molar-refractivity contribution in [2.24, 2.45) is 0 Å². The number of hydrogen-bond acceptors (Lipinski definition) is 3. The molecule has 15 heavy (non-hydrogen) atoms. The van der Waals surface area contributed by atoms with Crippen molar-refractivity contribution in [1.29, 1.82) is 0 Å². The largest absolute Gasteiger partial charge is 0.481 e. The summed E-state index contributed by atoms with van der Waals surface area (Å²) in [6, 6.07) is 3.55. The maximum Gasteiger partial charge on any atom is 0.305 e. The summed E-state index contributed by atoms with van der Waals surface area (Å²) < 4.78 is 0.693. The van der Waals surface area contributed by atoms with Gasteiger partial charge in [-0.3, -0.25) is 4.79 Å². The van der Waals surface area contributed by atoms with Gasteiger partial charge in [-0.25, -0.2) is 0 Å². The average molecular weight is 248 g/mol. The van der Waals surface area contributed by atoms with Crippen LogP contribution in [0, 0.1) is 0 Å². The lowest BCUT2D eigenvalue weighted by Gasteiger charge is -2.14. The average Bonchev–Trinajstić information content (AvgIpc) is 2.58. The van der Waals surface area contributed by atoms with Crippen LogP contribution in [0.5, 0.6) is 0 Å². The monoisotopic (exact) mass is 247 g/mol. The Labute approximate surface area is 98.1 Å². The number of hydrogen-bond donors (Lipinski definition) is 2. The van der Waals surface area contributed by atoms with E-state index in [0.29, 0.717) is 4.34 Å². The molecule has 0 radical (unpaired) electrons. The zero-order chi connectivity index (χ0) is 11.3. The molecule has 0 fully saturated rings. The van der Waals surface area contributed by atoms with E-state index >= 15 is 0 Å². The second-order valence-corrected chi connectivity index (χ2v) is 4.99. The third-order valence-corrected chi connectivity index (χ3v) is 3.30. The number of aliphatic carboxylic acids is 1. The molecular weight excluding hydrogens is 234 g/mol. The minimum Gasteiger partial charge on any atom is -0.481 e. The first-order valence-electron chi connectivity index (χ1n) is 4.84. The Hall–Kier alpha value is -0.580. The lowest BCUT2D eigenvalue weighted by atomic mass is 10.1. The highest BCUT2D eigenvalue weighted by Gasteiger charge is 2.16. The van der Waals surface area contributed by atoms with Crippen LogP contribution in [0.1, 0.15) is 30.7 Å². The van der Waals surface area contributed by atoms with E-state index in [1.165, 1.54) is 11.3 Å². The van der Waals surface area contributed by atoms with Crippen LogP contribution >= 0.6 is 22.9 Å². The van der Waals surface area contributed by atoms with Gasteiger partial charge in [0.05, 0.1) is 16.8 Å². The van der Waals surface area contributed by atoms with Crippen molar-refractivity contribution in [2.75, 3.05) is 6.54 Å². The van der Waals surface area contributed by atoms with E-state index in [-0.39, 0.29) is 12.5 Å². The number of carboxylic acid groups (broad SMARTS) is 1. The molecule has 0 spiro atoms. The van der Waals surface area contributed by atoms with Crippen molar-refractivity contribution in [3.8, 4) is 0 Å². The summed E-state index contributed by atoms with van der Waals surface area (Å²) in [6.45, 7) is 2.86. The van der Waals surface area contributed by atoms with Gasteiger partial charge in [-0.1, -0.05) is 18.5 Å². The number of carbonyl (C=O) groups is 1. The van der Waals surface area contributed by atoms with Crippen molar-refractivity contribution in [1.82, 2.24) is 5.32 Å². The first-order valence-corrected chi connectivity index (χ1v) is 6.03. The van der Waals surface area contributed by atoms with E-state index in [2.05, 4.69) is 5.32 Å². The van der Waals surface area contributed by atoms with Crippen LogP contribution in [0.15, 0.2) is 12.1 Å². The fourth-order valence-corrected chi connectivity index (χ4v) is 2.42. The highest BCUT2D eigenvalue weighted by molar-refractivity contribution is 7.16. The zero-order valence-corrected chi connectivity index (χ0v) is 10.1. The molecular formula is C10H14ClNO2S. The van der Waals surface area contributed by atoms with Gasteiger partial charge < -0.3 is 10.4 Å². The molecule has 1 aromatic rings. The van der Waals surface area contributed by atoms with Gasteiger partial charge in [-0.15, -0.1) is 11.3 Å². The maximum atomic E-state index is 10.7. The third kappa shape index (κ3) is 4.20. The van der Waals surface area contributed by atoms with Crippen LogP contribution in [0.3, 0.4) is 0 Å². The molecule has 2 N–H and O–H groups in total. The second kappa shape index (κ2) is 6.10. The van der Waals surface area contributed by atoms with Gasteiger partial charge in [-0.2, -0.15) is 0 Å². The summed E-state index contributed by atoms with van der Waals surface area (Å²) in [6.07, 6.45) is 1.08. The standard InChI is InChI=1S/C10H14ClNO2S/c1-2-5-12-7(6-10(13)14)8-3-4-9(11)15-8/h3-4,7,12H,2,5-6H2,1H3,(H,13,14). The maximum absolute atomic E-state index is 10.7. The number of rotatable bonds is 6. The number of carboxylic acids is 1. The molecule has 0 aliphatic rings. The lowest BCUT2D eigenvalue weighted by molar-refractivity contribution is -0.137. The van der Waals surface area contributed by atoms with E-state index in [1.807, 2.05) is 13.0 Å². The fraction of sp³-hybridized carbons (Fsp3) is 0.500. The van der Waals surface area contributed by atoms with Crippen LogP contribution < -0.4 is 5.32 Å². The molecule has 1 unspecified atom stereocenters. The molecule has 0 aliphatic carbocycles. The minimum absolute atomic E-state index is 0.0941. The number of nitrogens with one attached hydrogen (secondary N) is 1. The molecule has 3 nitrogen and oxygen atoms in total. The van der Waals surface area contributed by atoms with Crippen LogP contribution in [0.2, 0.25) is 4.34 Å². The summed E-state index contributed by atoms with van der Waals surface area (Å²) in [5, 5.41) is 12.0. The van der Waals surface area contributed by atoms with Crippen molar-refractivity contribution in [3.63, 3.8) is 0 Å². The second-order valence-electron chi connectivity index (χ2n) is 3.25. The molecule has 0 amide bonds. The normalized spacial score (nSPS) is 12.7. The van der Waals surface area contributed by atoms with E-state index in [4.69, 9.17) is 16.7 Å². The van der Waals surface area contributed by atoms with Gasteiger partial charge in [-0.05, 0) is 25.1 Å². The molecule has 0 saturated carbocycles. The Morgan fingerprint density at radius 2 is 2.40 bits per heavy atom. The molecule has 1 aromatic heterocycles. The van der Waals surface area contributed by atoms with Gasteiger partial charge in [0, 0.05) is 4.88 Å². The van der Waals surface area contributed by atoms with Crippen molar-refractivity contribution < 1.29 is 9.90 Å². The summed E-state index contributed by atoms with van der Waals surface area (Å²) in [5.41, 5.74) is 0. The Bertz CT molecular complexity index is 327. The van der Waals surface area contributed by atoms with Crippen LogP contribution in [0.25, 0.3) is 0 Å². The molecule has 1 rings (SSSR count). The third-order valence-electron chi connectivity index (χ3n) is 1.96. The van der Waals surface area contributed by atoms with Gasteiger partial charge >= 0.3 is 5.97 Å². The van der Waals surface area contributed by atoms with Gasteiger partial charge in [0.25, 0.3) is 0 Å². The highest BCUT2D eigenvalue weighted by Crippen LogP contribution is 2.28. The first kappa shape index (κ1) is 12.5. The number of halogens is 1. The van der Waals surface area contributed by atoms with Gasteiger partial charge in [0.1, 0.15) is 0 Å². The summed E-state index contributed by atoms with van der Waals surface area (Å²) in [5.74, 6) is -0.798. The zero-order valence-electron chi connectivity index (χ0n) is 8.50. The summed E-state index contributed by atoms with van der Waals surface area (Å²) in [7, 11) is 0. The minimum atomic E-state index is -0.798.